The Morgan fingerprint density at radius 2 is 1.04 bits per heavy atom. The van der Waals surface area contributed by atoms with Crippen LogP contribution in [0.4, 0.5) is 0 Å². The Morgan fingerprint density at radius 1 is 0.536 bits per heavy atom. The summed E-state index contributed by atoms with van der Waals surface area (Å²) in [5, 5.41) is 167. The first-order valence-corrected chi connectivity index (χ1v) is 34.1. The number of rotatable bonds is 17. The summed E-state index contributed by atoms with van der Waals surface area (Å²) in [6.45, 7) is 20.2. The largest absolute Gasteiger partial charge is 0.479 e. The summed E-state index contributed by atoms with van der Waals surface area (Å²) in [7, 11) is 0. The second-order valence-electron chi connectivity index (χ2n) is 31.3. The maximum Gasteiger partial charge on any atom is 0.335 e. The van der Waals surface area contributed by atoms with E-state index in [-0.39, 0.29) is 29.6 Å². The van der Waals surface area contributed by atoms with Gasteiger partial charge in [0.1, 0.15) is 116 Å². The van der Waals surface area contributed by atoms with Crippen molar-refractivity contribution in [3.63, 3.8) is 0 Å². The van der Waals surface area contributed by atoms with Crippen molar-refractivity contribution < 1.29 is 148 Å². The lowest BCUT2D eigenvalue weighted by molar-refractivity contribution is -0.412. The maximum absolute atomic E-state index is 13.7. The van der Waals surface area contributed by atoms with E-state index in [1.54, 1.807) is 19.9 Å². The molecule has 15 N–H and O–H groups in total. The number of hydrogen-bond acceptors (Lipinski definition) is 29. The number of allylic oxidation sites excluding steroid dienone is 3. The van der Waals surface area contributed by atoms with Crippen molar-refractivity contribution in [1.82, 2.24) is 0 Å². The summed E-state index contributed by atoms with van der Waals surface area (Å²) in [4.78, 5) is 40.5. The number of ether oxygens (including phenoxy) is 12. The van der Waals surface area contributed by atoms with Gasteiger partial charge in [0.15, 0.2) is 37.6 Å². The minimum absolute atomic E-state index is 0.0233. The van der Waals surface area contributed by atoms with Crippen LogP contribution >= 0.6 is 0 Å². The highest BCUT2D eigenvalue weighted by Gasteiger charge is 2.73. The summed E-state index contributed by atoms with van der Waals surface area (Å²) in [6.07, 6.45) is -42.4. The zero-order valence-electron chi connectivity index (χ0n) is 57.2. The van der Waals surface area contributed by atoms with Crippen LogP contribution in [0.2, 0.25) is 0 Å². The molecule has 554 valence electrons. The molecule has 0 bridgehead atoms. The third-order valence-corrected chi connectivity index (χ3v) is 24.8. The van der Waals surface area contributed by atoms with Crippen molar-refractivity contribution in [2.24, 2.45) is 50.2 Å². The molecule has 35 atom stereocenters. The molecular formula is C67H106O30. The number of fused-ring (bicyclic) bond motifs is 7. The van der Waals surface area contributed by atoms with Crippen molar-refractivity contribution in [1.29, 1.82) is 0 Å². The van der Waals surface area contributed by atoms with E-state index in [1.807, 2.05) is 13.8 Å². The second-order valence-corrected chi connectivity index (χ2v) is 31.3. The van der Waals surface area contributed by atoms with Gasteiger partial charge in [0.2, 0.25) is 0 Å². The molecular weight excluding hydrogens is 1280 g/mol. The highest BCUT2D eigenvalue weighted by Crippen LogP contribution is 2.76. The fraction of sp³-hybridized carbons (Fsp3) is 0.896. The van der Waals surface area contributed by atoms with E-state index in [1.165, 1.54) is 20.8 Å². The monoisotopic (exact) mass is 1390 g/mol. The SMILES string of the molecule is C/C=C(/C)C(=O)O[C@H]1CC(C)(C)C[C@H]2C3=CC[C@@H]4[C@@]5(C)CC[C@H](O[C@@H]6O[C@H](C(=O)O)[C@@H](O)[C@H](O[C@@H]7O[C@H](CO)[C@H](O)[C@H](O)[C@H]7O[C@@H]7O[C@@H](C)[C@H](O)[C@@H](O)[C@H]7O[C@@H]7O[C@@H](C)[C@H](O)[C@@H](O)[C@H]7O)[C@H]6O[C@@H]6O[C@H](CO)[C@H](O)[C@H](O)[C@H]6O)C(C)(C)C5CC[C@@]4(C)[C@]3(C)C[C@@H](OC(C)=O)[C@@]12CO. The molecule has 97 heavy (non-hydrogen) atoms. The number of carbonyl (C=O) groups is 3. The first kappa shape index (κ1) is 76.6. The van der Waals surface area contributed by atoms with Gasteiger partial charge in [0.25, 0.3) is 0 Å². The maximum atomic E-state index is 13.7. The number of aliphatic hydroxyl groups excluding tert-OH is 14. The van der Waals surface area contributed by atoms with Crippen molar-refractivity contribution >= 4 is 17.9 Å². The van der Waals surface area contributed by atoms with Crippen molar-refractivity contribution in [2.75, 3.05) is 19.8 Å². The molecule has 0 aromatic rings. The molecule has 4 saturated carbocycles. The number of aliphatic hydroxyl groups is 14. The van der Waals surface area contributed by atoms with E-state index in [9.17, 15) is 91.0 Å². The zero-order valence-corrected chi connectivity index (χ0v) is 57.2. The lowest BCUT2D eigenvalue weighted by Crippen LogP contribution is -2.70. The quantitative estimate of drug-likeness (QED) is 0.0339. The number of carboxylic acids is 1. The average molecular weight is 1390 g/mol. The van der Waals surface area contributed by atoms with Crippen LogP contribution in [0.5, 0.6) is 0 Å². The van der Waals surface area contributed by atoms with E-state index in [0.717, 1.165) is 5.57 Å². The Morgan fingerprint density at radius 3 is 1.63 bits per heavy atom. The molecule has 9 fully saturated rings. The van der Waals surface area contributed by atoms with Gasteiger partial charge in [0, 0.05) is 12.5 Å². The van der Waals surface area contributed by atoms with Gasteiger partial charge in [-0.25, -0.2) is 9.59 Å². The van der Waals surface area contributed by atoms with Crippen LogP contribution in [0, 0.1) is 50.2 Å². The highest BCUT2D eigenvalue weighted by atomic mass is 16.8. The molecule has 5 aliphatic heterocycles. The van der Waals surface area contributed by atoms with Crippen LogP contribution in [0.3, 0.4) is 0 Å². The standard InChI is InChI=1S/C67H106O30/c1-13-26(2)56(85)91-37-21-62(6,7)20-31-30-14-15-35-64(10)18-17-36(63(8,9)34(64)16-19-65(35,11)66(30,12)22-38(88-29(5)71)67(31,37)25-70)92-61-54(97-58-48(81)44(77)41(74)32(23-68)89-58)50(49(82)51(94-61)55(83)84)93-60-53(46(79)42(75)33(24-69)90-60)96-59-52(45(78)40(73)28(4)87-59)95-57-47(80)43(76)39(72)27(3)86-57/h13-14,27-28,31-54,57-61,68-70,72-82H,15-25H2,1-12H3,(H,83,84)/b26-13-/t27-,28-,31-,32+,33+,34?,35+,36-,37-,38+,39-,40-,41-,42-,43+,44-,45+,46-,47+,48+,49-,50-,51-,52+,53+,54+,57-,58-,59-,60-,61+,64-,65+,66+,67+/m0/s1. The number of carbonyl (C=O) groups excluding carboxylic acids is 2. The minimum Gasteiger partial charge on any atom is -0.479 e. The fourth-order valence-corrected chi connectivity index (χ4v) is 19.0. The normalized spacial score (nSPS) is 51.3. The molecule has 5 saturated heterocycles. The summed E-state index contributed by atoms with van der Waals surface area (Å²) in [5.41, 5.74) is -2.40. The van der Waals surface area contributed by atoms with E-state index in [0.29, 0.717) is 50.5 Å². The molecule has 0 aromatic carbocycles. The first-order chi connectivity index (χ1) is 45.3. The van der Waals surface area contributed by atoms with Crippen LogP contribution in [0.15, 0.2) is 23.3 Å². The lowest BCUT2D eigenvalue weighted by atomic mass is 9.33. The summed E-state index contributed by atoms with van der Waals surface area (Å²) in [6, 6.07) is 0. The van der Waals surface area contributed by atoms with Crippen molar-refractivity contribution in [3.05, 3.63) is 23.3 Å². The lowest BCUT2D eigenvalue weighted by Gasteiger charge is -2.72. The minimum atomic E-state index is -2.35. The Labute approximate surface area is 563 Å². The van der Waals surface area contributed by atoms with E-state index < -0.39 is 237 Å². The van der Waals surface area contributed by atoms with Crippen molar-refractivity contribution in [3.8, 4) is 0 Å². The number of aliphatic carboxylic acids is 1. The molecule has 10 aliphatic rings. The van der Waals surface area contributed by atoms with E-state index >= 15 is 0 Å². The van der Waals surface area contributed by atoms with Gasteiger partial charge < -0.3 is 133 Å². The van der Waals surface area contributed by atoms with Gasteiger partial charge in [-0.15, -0.1) is 0 Å². The van der Waals surface area contributed by atoms with Crippen LogP contribution in [-0.4, -0.2) is 286 Å². The van der Waals surface area contributed by atoms with E-state index in [4.69, 9.17) is 56.8 Å². The molecule has 30 heteroatoms. The molecule has 30 nitrogen and oxygen atoms in total. The summed E-state index contributed by atoms with van der Waals surface area (Å²) < 4.78 is 74.7. The number of hydrogen-bond donors (Lipinski definition) is 15. The molecule has 0 aromatic heterocycles. The molecule has 5 aliphatic carbocycles. The third kappa shape index (κ3) is 13.2. The topological polar surface area (TPSA) is 465 Å². The van der Waals surface area contributed by atoms with Crippen LogP contribution in [0.1, 0.15) is 134 Å². The second kappa shape index (κ2) is 28.5. The molecule has 1 unspecified atom stereocenters. The van der Waals surface area contributed by atoms with Gasteiger partial charge in [-0.05, 0) is 124 Å². The average Bonchev–Trinajstić information content (AvgIpc) is 0.669. The Kier molecular flexibility index (Phi) is 22.5. The smallest absolute Gasteiger partial charge is 0.335 e. The van der Waals surface area contributed by atoms with Crippen molar-refractivity contribution in [2.45, 2.75) is 306 Å². The van der Waals surface area contributed by atoms with Gasteiger partial charge >= 0.3 is 17.9 Å². The fourth-order valence-electron chi connectivity index (χ4n) is 19.0. The first-order valence-electron chi connectivity index (χ1n) is 34.1. The number of carboxylic acid groups (broad SMARTS) is 1. The predicted octanol–water partition coefficient (Wildman–Crippen LogP) is -1.56. The van der Waals surface area contributed by atoms with Gasteiger partial charge in [-0.2, -0.15) is 0 Å². The van der Waals surface area contributed by atoms with E-state index in [2.05, 4.69) is 40.7 Å². The third-order valence-electron chi connectivity index (χ3n) is 24.8. The Hall–Kier alpha value is -3.07. The number of esters is 2. The molecule has 5 heterocycles. The summed E-state index contributed by atoms with van der Waals surface area (Å²) in [5.74, 6) is -3.34. The predicted molar refractivity (Wildman–Crippen MR) is 329 cm³/mol. The molecule has 0 spiro atoms. The Balaban J connectivity index is 0.987. The zero-order chi connectivity index (χ0) is 71.5. The van der Waals surface area contributed by atoms with Gasteiger partial charge in [-0.3, -0.25) is 4.79 Å². The van der Waals surface area contributed by atoms with Crippen LogP contribution in [-0.2, 0) is 71.2 Å². The van der Waals surface area contributed by atoms with Gasteiger partial charge in [0.05, 0.1) is 43.5 Å². The van der Waals surface area contributed by atoms with Crippen LogP contribution < -0.4 is 0 Å². The Bertz CT molecular complexity index is 2860. The van der Waals surface area contributed by atoms with Crippen LogP contribution in [0.25, 0.3) is 0 Å². The molecule has 0 radical (unpaired) electrons. The molecule has 0 amide bonds. The van der Waals surface area contributed by atoms with Gasteiger partial charge in [-0.1, -0.05) is 66.2 Å². The highest BCUT2D eigenvalue weighted by molar-refractivity contribution is 5.87. The molecule has 10 rings (SSSR count). The summed E-state index contributed by atoms with van der Waals surface area (Å²) >= 11 is 0.